The van der Waals surface area contributed by atoms with Crippen molar-refractivity contribution >= 4 is 45.0 Å². The van der Waals surface area contributed by atoms with Gasteiger partial charge in [-0.1, -0.05) is 16.8 Å². The Kier molecular flexibility index (Phi) is 5.88. The number of hydrogen-bond acceptors (Lipinski definition) is 8. The Morgan fingerprint density at radius 3 is 2.70 bits per heavy atom. The lowest BCUT2D eigenvalue weighted by molar-refractivity contribution is 0.0559. The molecule has 12 heteroatoms. The first-order valence-corrected chi connectivity index (χ1v) is 10.7. The highest BCUT2D eigenvalue weighted by Gasteiger charge is 2.43. The van der Waals surface area contributed by atoms with E-state index in [2.05, 4.69) is 15.5 Å². The minimum absolute atomic E-state index is 0.0696. The second kappa shape index (κ2) is 7.36. The Bertz CT molecular complexity index is 891. The number of nitroso groups, excluding NO2 is 1. The molecular formula is C15H21ClN4O5S2. The lowest BCUT2D eigenvalue weighted by Gasteiger charge is -2.35. The highest BCUT2D eigenvalue weighted by atomic mass is 35.5. The van der Waals surface area contributed by atoms with Crippen LogP contribution in [-0.2, 0) is 26.8 Å². The molecule has 0 aliphatic carbocycles. The van der Waals surface area contributed by atoms with Crippen molar-refractivity contribution in [2.45, 2.75) is 45.4 Å². The van der Waals surface area contributed by atoms with Crippen molar-refractivity contribution in [1.29, 1.82) is 0 Å². The zero-order chi connectivity index (χ0) is 20.6. The summed E-state index contributed by atoms with van der Waals surface area (Å²) in [5.74, 6) is -0.512. The van der Waals surface area contributed by atoms with E-state index >= 15 is 0 Å². The van der Waals surface area contributed by atoms with Crippen molar-refractivity contribution in [1.82, 2.24) is 9.62 Å². The van der Waals surface area contributed by atoms with Gasteiger partial charge in [-0.15, -0.1) is 11.3 Å². The van der Waals surface area contributed by atoms with E-state index in [0.717, 1.165) is 15.6 Å². The quantitative estimate of drug-likeness (QED) is 0.730. The molecule has 27 heavy (non-hydrogen) atoms. The van der Waals surface area contributed by atoms with Gasteiger partial charge in [-0.2, -0.15) is 4.91 Å². The molecule has 0 unspecified atom stereocenters. The molecule has 9 nitrogen and oxygen atoms in total. The summed E-state index contributed by atoms with van der Waals surface area (Å²) in [5.41, 5.74) is -1.99. The summed E-state index contributed by atoms with van der Waals surface area (Å²) < 4.78 is 31.3. The van der Waals surface area contributed by atoms with Crippen LogP contribution in [0.5, 0.6) is 0 Å². The minimum atomic E-state index is -3.78. The molecule has 0 saturated carbocycles. The molecule has 2 heterocycles. The van der Waals surface area contributed by atoms with Crippen molar-refractivity contribution in [2.24, 2.45) is 10.2 Å². The number of carbonyl (C=O) groups is 1. The molecular weight excluding hydrogens is 416 g/mol. The van der Waals surface area contributed by atoms with E-state index in [1.54, 1.807) is 33.8 Å². The van der Waals surface area contributed by atoms with Crippen molar-refractivity contribution in [3.8, 4) is 0 Å². The molecule has 0 aromatic carbocycles. The predicted octanol–water partition coefficient (Wildman–Crippen LogP) is 3.04. The molecule has 1 amide bonds. The fourth-order valence-corrected chi connectivity index (χ4v) is 5.58. The molecule has 1 aliphatic rings. The van der Waals surface area contributed by atoms with Crippen LogP contribution < -0.4 is 5.32 Å². The second-order valence-corrected chi connectivity index (χ2v) is 10.8. The first-order valence-electron chi connectivity index (χ1n) is 7.92. The Balaban J connectivity index is 2.45. The van der Waals surface area contributed by atoms with Gasteiger partial charge in [0.25, 0.3) is 0 Å². The number of hydrogen-bond donors (Lipinski definition) is 1. The summed E-state index contributed by atoms with van der Waals surface area (Å²) in [7, 11) is -2.49. The number of nitrogens with one attached hydrogen (secondary N) is 1. The van der Waals surface area contributed by atoms with Gasteiger partial charge in [-0.05, 0) is 33.8 Å². The highest BCUT2D eigenvalue weighted by Crippen LogP contribution is 2.41. The number of carbonyl (C=O) groups excluding carboxylic acids is 1. The van der Waals surface area contributed by atoms with Gasteiger partial charge in [0.2, 0.25) is 16.0 Å². The van der Waals surface area contributed by atoms with Crippen molar-refractivity contribution in [2.75, 3.05) is 12.8 Å². The van der Waals surface area contributed by atoms with Crippen LogP contribution in [0.2, 0.25) is 5.02 Å². The number of aliphatic imine (C=N–C) groups is 1. The maximum atomic E-state index is 12.6. The molecule has 1 atom stereocenters. The van der Waals surface area contributed by atoms with Crippen molar-refractivity contribution in [3.05, 3.63) is 25.8 Å². The van der Waals surface area contributed by atoms with Gasteiger partial charge in [-0.25, -0.2) is 22.5 Å². The van der Waals surface area contributed by atoms with Gasteiger partial charge in [0.1, 0.15) is 17.7 Å². The maximum absolute atomic E-state index is 12.6. The van der Waals surface area contributed by atoms with E-state index in [-0.39, 0.29) is 18.3 Å². The van der Waals surface area contributed by atoms with E-state index in [0.29, 0.717) is 14.8 Å². The largest absolute Gasteiger partial charge is 0.444 e. The van der Waals surface area contributed by atoms with Crippen LogP contribution in [0.1, 0.15) is 37.4 Å². The first kappa shape index (κ1) is 21.6. The third kappa shape index (κ3) is 4.96. The molecule has 2 rings (SSSR count). The SMILES string of the molecule is CN1C(NC(=O)OC(C)(C)C)=N[C@](C)(c2sc(CN=O)cc2Cl)CS1(=O)=O. The fourth-order valence-electron chi connectivity index (χ4n) is 2.46. The zero-order valence-electron chi connectivity index (χ0n) is 15.6. The van der Waals surface area contributed by atoms with Gasteiger partial charge in [0.15, 0.2) is 0 Å². The monoisotopic (exact) mass is 436 g/mol. The topological polar surface area (TPSA) is 118 Å². The lowest BCUT2D eigenvalue weighted by Crippen LogP contribution is -2.53. The predicted molar refractivity (Wildman–Crippen MR) is 105 cm³/mol. The van der Waals surface area contributed by atoms with Crippen molar-refractivity contribution < 1.29 is 17.9 Å². The summed E-state index contributed by atoms with van der Waals surface area (Å²) in [5, 5.41) is 5.50. The Hall–Kier alpha value is -1.72. The van der Waals surface area contributed by atoms with Crippen molar-refractivity contribution in [3.63, 3.8) is 0 Å². The number of halogens is 1. The Morgan fingerprint density at radius 2 is 2.15 bits per heavy atom. The summed E-state index contributed by atoms with van der Waals surface area (Å²) >= 11 is 7.41. The summed E-state index contributed by atoms with van der Waals surface area (Å²) in [4.78, 5) is 28.1. The smallest absolute Gasteiger partial charge is 0.414 e. The van der Waals surface area contributed by atoms with Crippen LogP contribution in [0, 0.1) is 4.91 Å². The van der Waals surface area contributed by atoms with E-state index in [1.807, 2.05) is 0 Å². The van der Waals surface area contributed by atoms with Crippen LogP contribution in [0.15, 0.2) is 16.2 Å². The molecule has 0 fully saturated rings. The van der Waals surface area contributed by atoms with Crippen LogP contribution in [0.4, 0.5) is 4.79 Å². The van der Waals surface area contributed by atoms with Crippen LogP contribution in [0.25, 0.3) is 0 Å². The first-order chi connectivity index (χ1) is 12.3. The van der Waals surface area contributed by atoms with Gasteiger partial charge < -0.3 is 4.74 Å². The molecule has 1 aliphatic heterocycles. The van der Waals surface area contributed by atoms with E-state index in [1.165, 1.54) is 7.05 Å². The van der Waals surface area contributed by atoms with Gasteiger partial charge in [0, 0.05) is 11.9 Å². The molecule has 1 aromatic heterocycles. The number of rotatable bonds is 3. The van der Waals surface area contributed by atoms with Gasteiger partial charge in [-0.3, -0.25) is 5.32 Å². The number of ether oxygens (including phenoxy) is 1. The summed E-state index contributed by atoms with van der Waals surface area (Å²) in [6.45, 7) is 6.60. The number of alkyl carbamates (subject to hydrolysis) is 1. The number of guanidine groups is 1. The zero-order valence-corrected chi connectivity index (χ0v) is 18.0. The van der Waals surface area contributed by atoms with Crippen LogP contribution in [-0.4, -0.2) is 43.2 Å². The molecule has 0 bridgehead atoms. The van der Waals surface area contributed by atoms with E-state index in [4.69, 9.17) is 16.3 Å². The molecule has 0 spiro atoms. The Morgan fingerprint density at radius 1 is 1.52 bits per heavy atom. The lowest BCUT2D eigenvalue weighted by atomic mass is 10.0. The number of amides is 1. The summed E-state index contributed by atoms with van der Waals surface area (Å²) in [6.07, 6.45) is -0.823. The molecule has 1 aromatic rings. The average Bonchev–Trinajstić information content (AvgIpc) is 2.84. The molecule has 150 valence electrons. The Labute approximate surface area is 166 Å². The van der Waals surface area contributed by atoms with Crippen LogP contribution >= 0.6 is 22.9 Å². The van der Waals surface area contributed by atoms with E-state index in [9.17, 15) is 18.1 Å². The van der Waals surface area contributed by atoms with Crippen LogP contribution in [0.3, 0.4) is 0 Å². The third-order valence-electron chi connectivity index (χ3n) is 3.59. The normalized spacial score (nSPS) is 22.1. The summed E-state index contributed by atoms with van der Waals surface area (Å²) in [6, 6.07) is 1.57. The third-order valence-corrected chi connectivity index (χ3v) is 7.31. The second-order valence-electron chi connectivity index (χ2n) is 7.24. The average molecular weight is 437 g/mol. The van der Waals surface area contributed by atoms with Gasteiger partial charge >= 0.3 is 6.09 Å². The number of nitrogens with zero attached hydrogens (tertiary/aromatic N) is 3. The standard InChI is InChI=1S/C15H21ClN4O5S2/c1-14(2,3)25-13(21)18-12-19-15(4,8-27(23,24)20(12)5)11-10(16)6-9(26-11)7-17-22/h6H,7-8H2,1-5H3,(H,18,19,21)/t15-/m0/s1. The number of thiophene rings is 1. The molecule has 0 radical (unpaired) electrons. The minimum Gasteiger partial charge on any atom is -0.444 e. The van der Waals surface area contributed by atoms with E-state index < -0.39 is 27.3 Å². The molecule has 1 N–H and O–H groups in total. The maximum Gasteiger partial charge on any atom is 0.414 e. The number of sulfonamides is 1. The highest BCUT2D eigenvalue weighted by molar-refractivity contribution is 7.89. The van der Waals surface area contributed by atoms with Gasteiger partial charge in [0.05, 0.1) is 15.7 Å². The fraction of sp³-hybridized carbons (Fsp3) is 0.600. The molecule has 0 saturated heterocycles.